The summed E-state index contributed by atoms with van der Waals surface area (Å²) in [4.78, 5) is 20.2. The maximum Gasteiger partial charge on any atom is 0.264 e. The predicted octanol–water partition coefficient (Wildman–Crippen LogP) is 3.37. The second-order valence-corrected chi connectivity index (χ2v) is 9.08. The Bertz CT molecular complexity index is 773. The second-order valence-electron chi connectivity index (χ2n) is 6.30. The van der Waals surface area contributed by atoms with E-state index in [1.54, 1.807) is 6.07 Å². The van der Waals surface area contributed by atoms with Gasteiger partial charge in [-0.05, 0) is 31.2 Å². The van der Waals surface area contributed by atoms with Gasteiger partial charge in [0.2, 0.25) is 0 Å². The number of thioether (sulfide) groups is 1. The Morgan fingerprint density at radius 1 is 1.42 bits per heavy atom. The van der Waals surface area contributed by atoms with Crippen LogP contribution in [0.1, 0.15) is 21.0 Å². The molecule has 0 aliphatic carbocycles. The van der Waals surface area contributed by atoms with Crippen LogP contribution in [0.5, 0.6) is 5.88 Å². The van der Waals surface area contributed by atoms with Gasteiger partial charge in [0.05, 0.1) is 9.62 Å². The molecule has 2 aromatic heterocycles. The maximum absolute atomic E-state index is 13.6. The first-order chi connectivity index (χ1) is 11.5. The highest BCUT2D eigenvalue weighted by Crippen LogP contribution is 2.46. The summed E-state index contributed by atoms with van der Waals surface area (Å²) in [6.45, 7) is 3.47. The van der Waals surface area contributed by atoms with Crippen molar-refractivity contribution in [3.05, 3.63) is 46.0 Å². The molecule has 2 aromatic rings. The highest BCUT2D eigenvalue weighted by molar-refractivity contribution is 8.01. The highest BCUT2D eigenvalue weighted by Gasteiger charge is 2.51. The Kier molecular flexibility index (Phi) is 4.00. The summed E-state index contributed by atoms with van der Waals surface area (Å²) in [5.74, 6) is 0.554. The third-order valence-corrected chi connectivity index (χ3v) is 6.94. The Balaban J connectivity index is 1.35. The molecule has 126 valence electrons. The van der Waals surface area contributed by atoms with Crippen LogP contribution in [0.3, 0.4) is 0 Å². The molecule has 2 saturated heterocycles. The number of thiophene rings is 1. The molecule has 0 saturated carbocycles. The van der Waals surface area contributed by atoms with Crippen molar-refractivity contribution in [2.45, 2.75) is 24.2 Å². The fourth-order valence-corrected chi connectivity index (χ4v) is 5.57. The molecule has 1 amide bonds. The third kappa shape index (κ3) is 2.91. The topological polar surface area (TPSA) is 42.4 Å². The number of hydrogen-bond donors (Lipinski definition) is 0. The van der Waals surface area contributed by atoms with Crippen molar-refractivity contribution >= 4 is 29.0 Å². The molecule has 2 aliphatic rings. The molecular formula is C17H17FN2O2S2. The van der Waals surface area contributed by atoms with Gasteiger partial charge in [-0.3, -0.25) is 4.79 Å². The molecule has 0 aromatic carbocycles. The number of nitrogens with zero attached hydrogens (tertiary/aromatic N) is 2. The van der Waals surface area contributed by atoms with Crippen molar-refractivity contribution < 1.29 is 13.9 Å². The summed E-state index contributed by atoms with van der Waals surface area (Å²) in [7, 11) is 0. The van der Waals surface area contributed by atoms with E-state index in [9.17, 15) is 9.18 Å². The predicted molar refractivity (Wildman–Crippen MR) is 93.4 cm³/mol. The van der Waals surface area contributed by atoms with E-state index >= 15 is 0 Å². The number of pyridine rings is 1. The summed E-state index contributed by atoms with van der Waals surface area (Å²) in [6.07, 6.45) is 2.30. The van der Waals surface area contributed by atoms with Gasteiger partial charge in [-0.2, -0.15) is 0 Å². The van der Waals surface area contributed by atoms with Crippen molar-refractivity contribution in [3.63, 3.8) is 0 Å². The zero-order valence-electron chi connectivity index (χ0n) is 13.2. The number of ether oxygens (including phenoxy) is 1. The lowest BCUT2D eigenvalue weighted by atomic mass is 9.92. The number of carbonyl (C=O) groups excluding carboxylic acids is 1. The molecular weight excluding hydrogens is 347 g/mol. The van der Waals surface area contributed by atoms with Gasteiger partial charge in [0.1, 0.15) is 6.10 Å². The normalized spacial score (nSPS) is 21.8. The monoisotopic (exact) mass is 364 g/mol. The zero-order valence-corrected chi connectivity index (χ0v) is 14.8. The zero-order chi connectivity index (χ0) is 16.7. The van der Waals surface area contributed by atoms with E-state index in [2.05, 4.69) is 4.98 Å². The van der Waals surface area contributed by atoms with E-state index in [1.807, 2.05) is 35.7 Å². The van der Waals surface area contributed by atoms with Crippen LogP contribution in [0.4, 0.5) is 4.39 Å². The van der Waals surface area contributed by atoms with Gasteiger partial charge in [-0.15, -0.1) is 23.1 Å². The minimum atomic E-state index is -0.429. The van der Waals surface area contributed by atoms with Crippen molar-refractivity contribution in [1.82, 2.24) is 9.88 Å². The fraction of sp³-hybridized carbons (Fsp3) is 0.412. The number of rotatable bonds is 3. The van der Waals surface area contributed by atoms with Crippen LogP contribution in [-0.4, -0.2) is 45.5 Å². The van der Waals surface area contributed by atoms with Crippen LogP contribution in [0.2, 0.25) is 0 Å². The molecule has 0 N–H and O–H groups in total. The molecule has 2 aliphatic heterocycles. The Hall–Kier alpha value is -1.60. The van der Waals surface area contributed by atoms with Gasteiger partial charge < -0.3 is 9.64 Å². The van der Waals surface area contributed by atoms with E-state index in [1.165, 1.54) is 23.6 Å². The van der Waals surface area contributed by atoms with Crippen LogP contribution in [0, 0.1) is 12.7 Å². The van der Waals surface area contributed by atoms with Gasteiger partial charge in [0.25, 0.3) is 11.8 Å². The smallest absolute Gasteiger partial charge is 0.264 e. The van der Waals surface area contributed by atoms with E-state index in [4.69, 9.17) is 4.74 Å². The SMILES string of the molecule is Cc1ccc(C(=O)N2CC3(CC(Oc4ncccc4F)CS3)C2)s1. The Morgan fingerprint density at radius 2 is 2.25 bits per heavy atom. The fourth-order valence-electron chi connectivity index (χ4n) is 3.21. The molecule has 24 heavy (non-hydrogen) atoms. The summed E-state index contributed by atoms with van der Waals surface area (Å²) >= 11 is 3.36. The molecule has 7 heteroatoms. The standard InChI is InChI=1S/C17H17FN2O2S2/c1-11-4-5-14(24-11)16(21)20-9-17(10-20)7-12(8-23-17)22-15-13(18)3-2-6-19-15/h2-6,12H,7-10H2,1H3. The van der Waals surface area contributed by atoms with Gasteiger partial charge in [0.15, 0.2) is 5.82 Å². The van der Waals surface area contributed by atoms with E-state index in [-0.39, 0.29) is 22.6 Å². The van der Waals surface area contributed by atoms with Crippen molar-refractivity contribution in [2.75, 3.05) is 18.8 Å². The molecule has 0 radical (unpaired) electrons. The minimum Gasteiger partial charge on any atom is -0.471 e. The lowest BCUT2D eigenvalue weighted by Gasteiger charge is -2.47. The molecule has 1 spiro atoms. The van der Waals surface area contributed by atoms with Crippen molar-refractivity contribution in [1.29, 1.82) is 0 Å². The number of carbonyl (C=O) groups is 1. The average molecular weight is 364 g/mol. The second kappa shape index (κ2) is 6.04. The van der Waals surface area contributed by atoms with E-state index in [0.717, 1.165) is 35.0 Å². The van der Waals surface area contributed by atoms with Crippen LogP contribution < -0.4 is 4.74 Å². The van der Waals surface area contributed by atoms with E-state index in [0.29, 0.717) is 0 Å². The van der Waals surface area contributed by atoms with Gasteiger partial charge in [0, 0.05) is 36.3 Å². The van der Waals surface area contributed by atoms with Gasteiger partial charge >= 0.3 is 0 Å². The quantitative estimate of drug-likeness (QED) is 0.837. The molecule has 0 bridgehead atoms. The number of hydrogen-bond acceptors (Lipinski definition) is 5. The Labute approximate surface area is 148 Å². The van der Waals surface area contributed by atoms with Crippen LogP contribution in [0.15, 0.2) is 30.5 Å². The summed E-state index contributed by atoms with van der Waals surface area (Å²) in [6, 6.07) is 6.77. The first-order valence-electron chi connectivity index (χ1n) is 7.82. The summed E-state index contributed by atoms with van der Waals surface area (Å²) in [5, 5.41) is 0. The van der Waals surface area contributed by atoms with Crippen molar-refractivity contribution in [3.8, 4) is 5.88 Å². The average Bonchev–Trinajstić information content (AvgIpc) is 3.14. The lowest BCUT2D eigenvalue weighted by molar-refractivity contribution is 0.0519. The summed E-state index contributed by atoms with van der Waals surface area (Å²) in [5.41, 5.74) is 0. The molecule has 1 atom stereocenters. The van der Waals surface area contributed by atoms with E-state index < -0.39 is 5.82 Å². The number of halogens is 1. The first-order valence-corrected chi connectivity index (χ1v) is 9.62. The number of aryl methyl sites for hydroxylation is 1. The third-order valence-electron chi connectivity index (χ3n) is 4.37. The van der Waals surface area contributed by atoms with Crippen LogP contribution in [0.25, 0.3) is 0 Å². The molecule has 1 unspecified atom stereocenters. The largest absolute Gasteiger partial charge is 0.471 e. The first kappa shape index (κ1) is 15.9. The number of likely N-dealkylation sites (tertiary alicyclic amines) is 1. The van der Waals surface area contributed by atoms with Crippen LogP contribution in [-0.2, 0) is 0 Å². The molecule has 4 nitrogen and oxygen atoms in total. The van der Waals surface area contributed by atoms with Crippen LogP contribution >= 0.6 is 23.1 Å². The minimum absolute atomic E-state index is 0.0535. The molecule has 4 heterocycles. The van der Waals surface area contributed by atoms with Crippen molar-refractivity contribution in [2.24, 2.45) is 0 Å². The maximum atomic E-state index is 13.6. The molecule has 2 fully saturated rings. The van der Waals surface area contributed by atoms with Gasteiger partial charge in [-0.25, -0.2) is 9.37 Å². The lowest BCUT2D eigenvalue weighted by Crippen LogP contribution is -2.60. The molecule has 4 rings (SSSR count). The number of amides is 1. The van der Waals surface area contributed by atoms with Gasteiger partial charge in [-0.1, -0.05) is 0 Å². The highest BCUT2D eigenvalue weighted by atomic mass is 32.2. The summed E-state index contributed by atoms with van der Waals surface area (Å²) < 4.78 is 19.4. The number of aromatic nitrogens is 1. The Morgan fingerprint density at radius 3 is 2.96 bits per heavy atom.